The van der Waals surface area contributed by atoms with Crippen LogP contribution in [-0.4, -0.2) is 0 Å². The molecule has 0 aromatic carbocycles. The van der Waals surface area contributed by atoms with Crippen LogP contribution in [-0.2, 0) is 0 Å². The summed E-state index contributed by atoms with van der Waals surface area (Å²) in [6.07, 6.45) is 12.9. The molecule has 0 aromatic heterocycles. The smallest absolute Gasteiger partial charge is 0.00506 e. The molecule has 0 unspecified atom stereocenters. The predicted octanol–water partition coefficient (Wildman–Crippen LogP) is 2.92. The summed E-state index contributed by atoms with van der Waals surface area (Å²) in [6, 6.07) is 0. The second kappa shape index (κ2) is 3.49. The van der Waals surface area contributed by atoms with Crippen molar-refractivity contribution in [3.05, 3.63) is 24.3 Å². The van der Waals surface area contributed by atoms with Gasteiger partial charge in [-0.2, -0.15) is 0 Å². The largest absolute Gasteiger partial charge is 0.0882 e. The van der Waals surface area contributed by atoms with E-state index < -0.39 is 0 Å². The van der Waals surface area contributed by atoms with Gasteiger partial charge in [0.25, 0.3) is 0 Å². The van der Waals surface area contributed by atoms with E-state index in [-0.39, 0.29) is 0 Å². The van der Waals surface area contributed by atoms with Gasteiger partial charge in [0, 0.05) is 0 Å². The lowest BCUT2D eigenvalue weighted by atomic mass is 10.1. The van der Waals surface area contributed by atoms with Gasteiger partial charge in [-0.3, -0.25) is 0 Å². The van der Waals surface area contributed by atoms with Gasteiger partial charge >= 0.3 is 0 Å². The maximum Gasteiger partial charge on any atom is -0.00506 e. The van der Waals surface area contributed by atoms with Gasteiger partial charge in [0.05, 0.1) is 0 Å². The summed E-state index contributed by atoms with van der Waals surface area (Å²) in [5, 5.41) is 0. The first kappa shape index (κ1) is 6.60. The van der Waals surface area contributed by atoms with Gasteiger partial charge in [-0.15, -0.1) is 0 Å². The van der Waals surface area contributed by atoms with E-state index in [1.165, 1.54) is 19.3 Å². The van der Waals surface area contributed by atoms with Crippen molar-refractivity contribution in [2.45, 2.75) is 26.2 Å². The van der Waals surface area contributed by atoms with Crippen molar-refractivity contribution in [1.82, 2.24) is 0 Å². The van der Waals surface area contributed by atoms with Crippen molar-refractivity contribution in [2.75, 3.05) is 0 Å². The van der Waals surface area contributed by atoms with Crippen LogP contribution < -0.4 is 0 Å². The van der Waals surface area contributed by atoms with Crippen LogP contribution in [0.3, 0.4) is 0 Å². The molecule has 0 N–H and O–H groups in total. The Morgan fingerprint density at radius 3 is 3.11 bits per heavy atom. The molecule has 0 nitrogen and oxygen atoms in total. The molecule has 0 saturated carbocycles. The standard InChI is InChI=1S/C9H14/c1-2-3-6-9-7-4-5-8-9/h3-4,6-7,9H,2,5,8H2,1H3/b6-3-/t9-/m0/s1. The molecule has 1 aliphatic carbocycles. The predicted molar refractivity (Wildman–Crippen MR) is 41.3 cm³/mol. The van der Waals surface area contributed by atoms with Gasteiger partial charge in [0.2, 0.25) is 0 Å². The minimum Gasteiger partial charge on any atom is -0.0882 e. The SMILES string of the molecule is CC/C=C\[C@H]1C=CCC1. The van der Waals surface area contributed by atoms with Crippen LogP contribution in [0.2, 0.25) is 0 Å². The summed E-state index contributed by atoms with van der Waals surface area (Å²) in [6.45, 7) is 2.18. The first-order valence-electron chi connectivity index (χ1n) is 3.77. The second-order valence-electron chi connectivity index (χ2n) is 2.51. The highest BCUT2D eigenvalue weighted by Gasteiger charge is 2.02. The van der Waals surface area contributed by atoms with Crippen LogP contribution in [0.25, 0.3) is 0 Å². The first-order chi connectivity index (χ1) is 4.43. The van der Waals surface area contributed by atoms with Gasteiger partial charge in [-0.25, -0.2) is 0 Å². The lowest BCUT2D eigenvalue weighted by Gasteiger charge is -1.95. The third-order valence-electron chi connectivity index (χ3n) is 1.67. The van der Waals surface area contributed by atoms with Crippen LogP contribution >= 0.6 is 0 Å². The minimum atomic E-state index is 0.755. The molecule has 0 fully saturated rings. The number of rotatable bonds is 2. The zero-order chi connectivity index (χ0) is 6.53. The van der Waals surface area contributed by atoms with E-state index >= 15 is 0 Å². The Morgan fingerprint density at radius 2 is 2.56 bits per heavy atom. The van der Waals surface area contributed by atoms with Crippen LogP contribution in [0.5, 0.6) is 0 Å². The molecule has 50 valence electrons. The average Bonchev–Trinajstić information content (AvgIpc) is 2.34. The zero-order valence-corrected chi connectivity index (χ0v) is 6.01. The second-order valence-corrected chi connectivity index (χ2v) is 2.51. The van der Waals surface area contributed by atoms with Crippen molar-refractivity contribution in [2.24, 2.45) is 5.92 Å². The Hall–Kier alpha value is -0.520. The maximum atomic E-state index is 2.31. The molecule has 0 spiro atoms. The van der Waals surface area contributed by atoms with Crippen LogP contribution in [0, 0.1) is 5.92 Å². The Bertz CT molecular complexity index is 120. The van der Waals surface area contributed by atoms with E-state index in [0.717, 1.165) is 5.92 Å². The molecule has 0 heteroatoms. The minimum absolute atomic E-state index is 0.755. The van der Waals surface area contributed by atoms with Crippen molar-refractivity contribution < 1.29 is 0 Å². The molecule has 0 heterocycles. The third kappa shape index (κ3) is 2.05. The Labute approximate surface area is 57.3 Å². The fraction of sp³-hybridized carbons (Fsp3) is 0.556. The Balaban J connectivity index is 2.27. The lowest BCUT2D eigenvalue weighted by Crippen LogP contribution is -1.82. The molecule has 0 aromatic rings. The topological polar surface area (TPSA) is 0 Å². The molecule has 1 aliphatic rings. The number of hydrogen-bond acceptors (Lipinski definition) is 0. The van der Waals surface area contributed by atoms with Crippen molar-refractivity contribution in [3.63, 3.8) is 0 Å². The molecule has 0 amide bonds. The van der Waals surface area contributed by atoms with Gasteiger partial charge < -0.3 is 0 Å². The lowest BCUT2D eigenvalue weighted by molar-refractivity contribution is 0.769. The van der Waals surface area contributed by atoms with Gasteiger partial charge in [-0.1, -0.05) is 31.2 Å². The molecule has 1 rings (SSSR count). The monoisotopic (exact) mass is 122 g/mol. The molecular formula is C9H14. The zero-order valence-electron chi connectivity index (χ0n) is 6.01. The Morgan fingerprint density at radius 1 is 1.67 bits per heavy atom. The molecular weight excluding hydrogens is 108 g/mol. The molecule has 0 radical (unpaired) electrons. The number of hydrogen-bond donors (Lipinski definition) is 0. The average molecular weight is 122 g/mol. The Kier molecular flexibility index (Phi) is 2.56. The maximum absolute atomic E-state index is 2.31. The summed E-state index contributed by atoms with van der Waals surface area (Å²) in [5.74, 6) is 0.755. The summed E-state index contributed by atoms with van der Waals surface area (Å²) in [7, 11) is 0. The summed E-state index contributed by atoms with van der Waals surface area (Å²) >= 11 is 0. The van der Waals surface area contributed by atoms with Crippen molar-refractivity contribution in [3.8, 4) is 0 Å². The summed E-state index contributed by atoms with van der Waals surface area (Å²) in [5.41, 5.74) is 0. The highest BCUT2D eigenvalue weighted by Crippen LogP contribution is 2.17. The number of allylic oxidation sites excluding steroid dienone is 4. The quantitative estimate of drug-likeness (QED) is 0.494. The first-order valence-corrected chi connectivity index (χ1v) is 3.77. The van der Waals surface area contributed by atoms with Crippen molar-refractivity contribution >= 4 is 0 Å². The third-order valence-corrected chi connectivity index (χ3v) is 1.67. The van der Waals surface area contributed by atoms with Crippen LogP contribution in [0.1, 0.15) is 26.2 Å². The fourth-order valence-corrected chi connectivity index (χ4v) is 1.13. The van der Waals surface area contributed by atoms with E-state index in [4.69, 9.17) is 0 Å². The van der Waals surface area contributed by atoms with E-state index in [1.54, 1.807) is 0 Å². The molecule has 1 atom stereocenters. The van der Waals surface area contributed by atoms with E-state index in [9.17, 15) is 0 Å². The van der Waals surface area contributed by atoms with E-state index in [0.29, 0.717) is 0 Å². The van der Waals surface area contributed by atoms with Crippen molar-refractivity contribution in [1.29, 1.82) is 0 Å². The fourth-order valence-electron chi connectivity index (χ4n) is 1.13. The van der Waals surface area contributed by atoms with E-state index in [1.807, 2.05) is 0 Å². The van der Waals surface area contributed by atoms with Gasteiger partial charge in [0.15, 0.2) is 0 Å². The summed E-state index contributed by atoms with van der Waals surface area (Å²) < 4.78 is 0. The highest BCUT2D eigenvalue weighted by molar-refractivity contribution is 5.05. The molecule has 0 aliphatic heterocycles. The normalized spacial score (nSPS) is 26.1. The van der Waals surface area contributed by atoms with Gasteiger partial charge in [0.1, 0.15) is 0 Å². The highest BCUT2D eigenvalue weighted by atomic mass is 14.1. The molecule has 9 heavy (non-hydrogen) atoms. The molecule has 0 bridgehead atoms. The summed E-state index contributed by atoms with van der Waals surface area (Å²) in [4.78, 5) is 0. The van der Waals surface area contributed by atoms with Crippen LogP contribution in [0.4, 0.5) is 0 Å². The van der Waals surface area contributed by atoms with Gasteiger partial charge in [-0.05, 0) is 25.2 Å². The van der Waals surface area contributed by atoms with E-state index in [2.05, 4.69) is 31.2 Å². The molecule has 0 saturated heterocycles. The van der Waals surface area contributed by atoms with Crippen LogP contribution in [0.15, 0.2) is 24.3 Å².